The molecule has 6 heteroatoms. The summed E-state index contributed by atoms with van der Waals surface area (Å²) in [5.74, 6) is -0.986. The monoisotopic (exact) mass is 260 g/mol. The summed E-state index contributed by atoms with van der Waals surface area (Å²) >= 11 is 0. The van der Waals surface area contributed by atoms with Crippen molar-refractivity contribution < 1.29 is 9.59 Å². The van der Waals surface area contributed by atoms with Crippen LogP contribution >= 0.6 is 0 Å². The molecule has 0 aliphatic rings. The van der Waals surface area contributed by atoms with Gasteiger partial charge in [-0.1, -0.05) is 0 Å². The minimum absolute atomic E-state index is 0.356. The molecule has 2 rings (SSSR count). The fourth-order valence-electron chi connectivity index (χ4n) is 1.69. The maximum atomic E-state index is 12.0. The Bertz CT molecular complexity index is 658. The number of aromatic nitrogens is 1. The Morgan fingerprint density at radius 3 is 2.58 bits per heavy atom. The number of carbonyl (C=O) groups excluding carboxylic acids is 2. The van der Waals surface area contributed by atoms with Crippen LogP contribution in [0.2, 0.25) is 0 Å². The second-order valence-electron chi connectivity index (χ2n) is 4.97. The normalized spacial score (nSPS) is 11.5. The smallest absolute Gasteiger partial charge is 0.268 e. The summed E-state index contributed by atoms with van der Waals surface area (Å²) in [6.07, 6.45) is 0. The molecule has 0 atom stereocenters. The highest BCUT2D eigenvalue weighted by Crippen LogP contribution is 2.18. The number of primary amides is 1. The van der Waals surface area contributed by atoms with E-state index in [0.29, 0.717) is 11.4 Å². The second-order valence-corrected chi connectivity index (χ2v) is 4.97. The summed E-state index contributed by atoms with van der Waals surface area (Å²) in [5, 5.41) is 3.41. The van der Waals surface area contributed by atoms with Gasteiger partial charge in [-0.05, 0) is 38.1 Å². The van der Waals surface area contributed by atoms with Gasteiger partial charge in [-0.15, -0.1) is 0 Å². The highest BCUT2D eigenvalue weighted by atomic mass is 16.2. The fourth-order valence-corrected chi connectivity index (χ4v) is 1.69. The molecular weight excluding hydrogens is 244 g/mol. The Kier molecular flexibility index (Phi) is 2.94. The van der Waals surface area contributed by atoms with Crippen LogP contribution < -0.4 is 16.8 Å². The summed E-state index contributed by atoms with van der Waals surface area (Å²) in [5.41, 5.74) is 11.6. The Morgan fingerprint density at radius 1 is 1.26 bits per heavy atom. The molecule has 6 nitrogen and oxygen atoms in total. The standard InChI is InChI=1S/C13H16N4O2/c1-13(2,12(15)19)17-11(18)10-6-7-5-8(14)3-4-9(7)16-10/h3-6,16H,14H2,1-2H3,(H2,15,19)(H,17,18). The second kappa shape index (κ2) is 4.31. The van der Waals surface area contributed by atoms with Crippen LogP contribution in [-0.2, 0) is 4.79 Å². The summed E-state index contributed by atoms with van der Waals surface area (Å²) < 4.78 is 0. The first-order chi connectivity index (χ1) is 8.79. The molecule has 1 aromatic heterocycles. The van der Waals surface area contributed by atoms with Crippen molar-refractivity contribution in [2.24, 2.45) is 5.73 Å². The van der Waals surface area contributed by atoms with E-state index in [1.807, 2.05) is 0 Å². The number of amides is 2. The van der Waals surface area contributed by atoms with Crippen LogP contribution in [0.25, 0.3) is 10.9 Å². The lowest BCUT2D eigenvalue weighted by Crippen LogP contribution is -2.53. The fraction of sp³-hybridized carbons (Fsp3) is 0.231. The number of rotatable bonds is 3. The number of anilines is 1. The number of nitrogens with one attached hydrogen (secondary N) is 2. The Morgan fingerprint density at radius 2 is 1.95 bits per heavy atom. The number of H-pyrrole nitrogens is 1. The molecule has 0 aliphatic carbocycles. The van der Waals surface area contributed by atoms with Crippen LogP contribution in [0.4, 0.5) is 5.69 Å². The number of aromatic amines is 1. The van der Waals surface area contributed by atoms with Gasteiger partial charge in [-0.3, -0.25) is 9.59 Å². The van der Waals surface area contributed by atoms with E-state index in [1.54, 1.807) is 38.1 Å². The maximum absolute atomic E-state index is 12.0. The summed E-state index contributed by atoms with van der Waals surface area (Å²) in [4.78, 5) is 26.2. The van der Waals surface area contributed by atoms with Gasteiger partial charge >= 0.3 is 0 Å². The lowest BCUT2D eigenvalue weighted by molar-refractivity contribution is -0.122. The Hall–Kier alpha value is -2.50. The highest BCUT2D eigenvalue weighted by molar-refractivity contribution is 6.01. The van der Waals surface area contributed by atoms with Crippen LogP contribution in [-0.4, -0.2) is 22.3 Å². The minimum atomic E-state index is -1.10. The van der Waals surface area contributed by atoms with Crippen molar-refractivity contribution in [1.82, 2.24) is 10.3 Å². The van der Waals surface area contributed by atoms with E-state index in [1.165, 1.54) is 0 Å². The first-order valence-corrected chi connectivity index (χ1v) is 5.80. The molecule has 0 saturated heterocycles. The Balaban J connectivity index is 2.29. The summed E-state index contributed by atoms with van der Waals surface area (Å²) in [6, 6.07) is 6.98. The number of nitrogens with two attached hydrogens (primary N) is 2. The van der Waals surface area contributed by atoms with Crippen LogP contribution in [0.5, 0.6) is 0 Å². The first kappa shape index (κ1) is 12.9. The van der Waals surface area contributed by atoms with E-state index in [2.05, 4.69) is 10.3 Å². The molecule has 2 aromatic rings. The van der Waals surface area contributed by atoms with Crippen molar-refractivity contribution in [2.75, 3.05) is 5.73 Å². The molecule has 0 saturated carbocycles. The van der Waals surface area contributed by atoms with E-state index in [-0.39, 0.29) is 0 Å². The molecule has 0 unspecified atom stereocenters. The molecule has 0 radical (unpaired) electrons. The van der Waals surface area contributed by atoms with Crippen molar-refractivity contribution >= 4 is 28.4 Å². The lowest BCUT2D eigenvalue weighted by Gasteiger charge is -2.21. The number of benzene rings is 1. The SMILES string of the molecule is CC(C)(NC(=O)c1cc2cc(N)ccc2[nH]1)C(N)=O. The third-order valence-electron chi connectivity index (χ3n) is 2.93. The molecule has 1 aromatic carbocycles. The third-order valence-corrected chi connectivity index (χ3v) is 2.93. The van der Waals surface area contributed by atoms with Crippen LogP contribution in [0.1, 0.15) is 24.3 Å². The van der Waals surface area contributed by atoms with Crippen molar-refractivity contribution in [3.05, 3.63) is 30.0 Å². The van der Waals surface area contributed by atoms with E-state index in [4.69, 9.17) is 11.5 Å². The van der Waals surface area contributed by atoms with Crippen molar-refractivity contribution in [2.45, 2.75) is 19.4 Å². The van der Waals surface area contributed by atoms with Crippen LogP contribution in [0.15, 0.2) is 24.3 Å². The number of hydrogen-bond donors (Lipinski definition) is 4. The third kappa shape index (κ3) is 2.52. The summed E-state index contributed by atoms with van der Waals surface area (Å²) in [7, 11) is 0. The van der Waals surface area contributed by atoms with Gasteiger partial charge in [0.2, 0.25) is 5.91 Å². The first-order valence-electron chi connectivity index (χ1n) is 5.80. The number of carbonyl (C=O) groups is 2. The van der Waals surface area contributed by atoms with Gasteiger partial charge in [0.15, 0.2) is 0 Å². The van der Waals surface area contributed by atoms with Crippen molar-refractivity contribution in [1.29, 1.82) is 0 Å². The van der Waals surface area contributed by atoms with Gasteiger partial charge in [0.25, 0.3) is 5.91 Å². The lowest BCUT2D eigenvalue weighted by atomic mass is 10.1. The zero-order valence-corrected chi connectivity index (χ0v) is 10.8. The highest BCUT2D eigenvalue weighted by Gasteiger charge is 2.27. The molecule has 6 N–H and O–H groups in total. The average Bonchev–Trinajstić information content (AvgIpc) is 2.71. The zero-order chi connectivity index (χ0) is 14.2. The molecule has 0 spiro atoms. The van der Waals surface area contributed by atoms with E-state index in [0.717, 1.165) is 10.9 Å². The van der Waals surface area contributed by atoms with E-state index < -0.39 is 17.4 Å². The summed E-state index contributed by atoms with van der Waals surface area (Å²) in [6.45, 7) is 3.10. The van der Waals surface area contributed by atoms with Crippen LogP contribution in [0, 0.1) is 0 Å². The van der Waals surface area contributed by atoms with Gasteiger partial charge in [0, 0.05) is 16.6 Å². The molecule has 100 valence electrons. The molecule has 2 amide bonds. The molecule has 1 heterocycles. The van der Waals surface area contributed by atoms with E-state index >= 15 is 0 Å². The Labute approximate surface area is 110 Å². The predicted octanol–water partition coefficient (Wildman–Crippen LogP) is 0.744. The van der Waals surface area contributed by atoms with Gasteiger partial charge < -0.3 is 21.8 Å². The van der Waals surface area contributed by atoms with Gasteiger partial charge in [0.05, 0.1) is 0 Å². The van der Waals surface area contributed by atoms with Crippen molar-refractivity contribution in [3.63, 3.8) is 0 Å². The number of nitrogen functional groups attached to an aromatic ring is 1. The topological polar surface area (TPSA) is 114 Å². The average molecular weight is 260 g/mol. The predicted molar refractivity (Wildman–Crippen MR) is 73.5 cm³/mol. The minimum Gasteiger partial charge on any atom is -0.399 e. The molecule has 0 aliphatic heterocycles. The zero-order valence-electron chi connectivity index (χ0n) is 10.8. The molecule has 0 bridgehead atoms. The number of fused-ring (bicyclic) bond motifs is 1. The van der Waals surface area contributed by atoms with Gasteiger partial charge in [-0.25, -0.2) is 0 Å². The molecule has 19 heavy (non-hydrogen) atoms. The maximum Gasteiger partial charge on any atom is 0.268 e. The van der Waals surface area contributed by atoms with Gasteiger partial charge in [-0.2, -0.15) is 0 Å². The molecular formula is C13H16N4O2. The van der Waals surface area contributed by atoms with Gasteiger partial charge in [0.1, 0.15) is 11.2 Å². The largest absolute Gasteiger partial charge is 0.399 e. The molecule has 0 fully saturated rings. The van der Waals surface area contributed by atoms with Crippen LogP contribution in [0.3, 0.4) is 0 Å². The van der Waals surface area contributed by atoms with Crippen molar-refractivity contribution in [3.8, 4) is 0 Å². The number of hydrogen-bond acceptors (Lipinski definition) is 3. The van der Waals surface area contributed by atoms with E-state index in [9.17, 15) is 9.59 Å². The quantitative estimate of drug-likeness (QED) is 0.610.